The summed E-state index contributed by atoms with van der Waals surface area (Å²) in [5, 5.41) is 2.60. The molecule has 0 bridgehead atoms. The van der Waals surface area contributed by atoms with Crippen LogP contribution in [0.5, 0.6) is 0 Å². The number of halogens is 3. The Morgan fingerprint density at radius 3 is 2.48 bits per heavy atom. The molecule has 0 aliphatic rings. The van der Waals surface area contributed by atoms with Crippen molar-refractivity contribution in [2.75, 3.05) is 5.32 Å². The van der Waals surface area contributed by atoms with Crippen LogP contribution in [0.15, 0.2) is 42.5 Å². The van der Waals surface area contributed by atoms with Crippen molar-refractivity contribution in [3.05, 3.63) is 59.4 Å². The summed E-state index contributed by atoms with van der Waals surface area (Å²) < 4.78 is 38.2. The molecule has 23 heavy (non-hydrogen) atoms. The van der Waals surface area contributed by atoms with Gasteiger partial charge in [0.25, 0.3) is 5.91 Å². The van der Waals surface area contributed by atoms with E-state index in [1.54, 1.807) is 30.3 Å². The standard InChI is InChI=1S/C16H12F3N3O/c1-9-5-7-10(8-6-9)14(23)20-11-3-2-4-12-13(11)22-15(21-12)16(17,18)19/h2-8H,1H3,(H,20,23)(H,21,22). The molecular formula is C16H12F3N3O. The Hall–Kier alpha value is -2.83. The third-order valence-electron chi connectivity index (χ3n) is 3.34. The molecule has 2 N–H and O–H groups in total. The number of carbonyl (C=O) groups excluding carboxylic acids is 1. The molecule has 4 nitrogen and oxygen atoms in total. The smallest absolute Gasteiger partial charge is 0.334 e. The van der Waals surface area contributed by atoms with Gasteiger partial charge >= 0.3 is 6.18 Å². The van der Waals surface area contributed by atoms with E-state index in [1.807, 2.05) is 6.92 Å². The number of amides is 1. The monoisotopic (exact) mass is 319 g/mol. The minimum atomic E-state index is -4.57. The highest BCUT2D eigenvalue weighted by molar-refractivity contribution is 6.08. The number of H-pyrrole nitrogens is 1. The first-order chi connectivity index (χ1) is 10.8. The Balaban J connectivity index is 1.95. The second-order valence-electron chi connectivity index (χ2n) is 5.11. The number of aromatic nitrogens is 2. The van der Waals surface area contributed by atoms with Crippen molar-refractivity contribution in [2.45, 2.75) is 13.1 Å². The predicted molar refractivity (Wildman–Crippen MR) is 80.2 cm³/mol. The molecule has 7 heteroatoms. The van der Waals surface area contributed by atoms with Crippen LogP contribution in [0.25, 0.3) is 11.0 Å². The maximum Gasteiger partial charge on any atom is 0.449 e. The highest BCUT2D eigenvalue weighted by Crippen LogP contribution is 2.30. The number of nitrogens with zero attached hydrogens (tertiary/aromatic N) is 1. The largest absolute Gasteiger partial charge is 0.449 e. The van der Waals surface area contributed by atoms with Crippen LogP contribution in [-0.2, 0) is 6.18 Å². The molecule has 0 atom stereocenters. The van der Waals surface area contributed by atoms with Crippen LogP contribution in [0.1, 0.15) is 21.7 Å². The van der Waals surface area contributed by atoms with Crippen LogP contribution < -0.4 is 5.32 Å². The van der Waals surface area contributed by atoms with Crippen LogP contribution in [0.4, 0.5) is 18.9 Å². The molecule has 118 valence electrons. The van der Waals surface area contributed by atoms with E-state index in [0.29, 0.717) is 5.56 Å². The van der Waals surface area contributed by atoms with Crippen molar-refractivity contribution in [3.63, 3.8) is 0 Å². The number of hydrogen-bond acceptors (Lipinski definition) is 2. The second-order valence-corrected chi connectivity index (χ2v) is 5.11. The number of aromatic amines is 1. The summed E-state index contributed by atoms with van der Waals surface area (Å²) >= 11 is 0. The number of hydrogen-bond donors (Lipinski definition) is 2. The van der Waals surface area contributed by atoms with Gasteiger partial charge in [-0.3, -0.25) is 4.79 Å². The lowest BCUT2D eigenvalue weighted by molar-refractivity contribution is -0.144. The van der Waals surface area contributed by atoms with Gasteiger partial charge in [-0.1, -0.05) is 23.8 Å². The zero-order chi connectivity index (χ0) is 16.6. The van der Waals surface area contributed by atoms with Gasteiger partial charge in [-0.05, 0) is 31.2 Å². The van der Waals surface area contributed by atoms with Gasteiger partial charge in [-0.25, -0.2) is 4.98 Å². The number of benzene rings is 2. The summed E-state index contributed by atoms with van der Waals surface area (Å²) in [7, 11) is 0. The Bertz CT molecular complexity index is 866. The van der Waals surface area contributed by atoms with Gasteiger partial charge < -0.3 is 10.3 Å². The van der Waals surface area contributed by atoms with Crippen molar-refractivity contribution < 1.29 is 18.0 Å². The van der Waals surface area contributed by atoms with Gasteiger partial charge in [0.1, 0.15) is 5.52 Å². The average molecular weight is 319 g/mol. The summed E-state index contributed by atoms with van der Waals surface area (Å²) in [5.41, 5.74) is 1.92. The minimum absolute atomic E-state index is 0.0697. The first-order valence-electron chi connectivity index (χ1n) is 6.78. The molecule has 0 aliphatic carbocycles. The van der Waals surface area contributed by atoms with Crippen LogP contribution >= 0.6 is 0 Å². The van der Waals surface area contributed by atoms with Gasteiger partial charge in [0, 0.05) is 5.56 Å². The second kappa shape index (κ2) is 5.42. The predicted octanol–water partition coefficient (Wildman–Crippen LogP) is 4.14. The number of alkyl halides is 3. The molecule has 1 heterocycles. The fourth-order valence-electron chi connectivity index (χ4n) is 2.17. The molecule has 0 spiro atoms. The van der Waals surface area contributed by atoms with E-state index in [9.17, 15) is 18.0 Å². The van der Waals surface area contributed by atoms with Crippen LogP contribution in [0, 0.1) is 6.92 Å². The van der Waals surface area contributed by atoms with E-state index in [2.05, 4.69) is 15.3 Å². The minimum Gasteiger partial charge on any atom is -0.334 e. The van der Waals surface area contributed by atoms with Crippen molar-refractivity contribution in [1.29, 1.82) is 0 Å². The Morgan fingerprint density at radius 2 is 1.83 bits per heavy atom. The zero-order valence-electron chi connectivity index (χ0n) is 12.0. The average Bonchev–Trinajstić information content (AvgIpc) is 2.93. The van der Waals surface area contributed by atoms with Crippen molar-refractivity contribution in [1.82, 2.24) is 9.97 Å². The molecule has 0 radical (unpaired) electrons. The van der Waals surface area contributed by atoms with Gasteiger partial charge in [-0.2, -0.15) is 13.2 Å². The Kier molecular flexibility index (Phi) is 3.55. The number of aryl methyl sites for hydroxylation is 1. The van der Waals surface area contributed by atoms with E-state index < -0.39 is 17.9 Å². The number of para-hydroxylation sites is 1. The molecular weight excluding hydrogens is 307 g/mol. The van der Waals surface area contributed by atoms with Gasteiger partial charge in [0.15, 0.2) is 0 Å². The molecule has 3 rings (SSSR count). The van der Waals surface area contributed by atoms with Crippen molar-refractivity contribution >= 4 is 22.6 Å². The molecule has 0 unspecified atom stereocenters. The van der Waals surface area contributed by atoms with E-state index in [4.69, 9.17) is 0 Å². The van der Waals surface area contributed by atoms with E-state index in [-0.39, 0.29) is 16.7 Å². The first kappa shape index (κ1) is 15.1. The van der Waals surface area contributed by atoms with Gasteiger partial charge in [0.05, 0.1) is 11.2 Å². The number of anilines is 1. The molecule has 1 aromatic heterocycles. The summed E-state index contributed by atoms with van der Waals surface area (Å²) in [5.74, 6) is -1.50. The first-order valence-corrected chi connectivity index (χ1v) is 6.78. The maximum absolute atomic E-state index is 12.7. The highest BCUT2D eigenvalue weighted by atomic mass is 19.4. The molecule has 1 amide bonds. The van der Waals surface area contributed by atoms with E-state index >= 15 is 0 Å². The van der Waals surface area contributed by atoms with E-state index in [0.717, 1.165) is 5.56 Å². The number of nitrogens with one attached hydrogen (secondary N) is 2. The topological polar surface area (TPSA) is 57.8 Å². The Morgan fingerprint density at radius 1 is 1.13 bits per heavy atom. The Labute approximate surface area is 129 Å². The normalized spacial score (nSPS) is 11.7. The lowest BCUT2D eigenvalue weighted by Crippen LogP contribution is -2.12. The molecule has 0 aliphatic heterocycles. The number of carbonyl (C=O) groups is 1. The molecule has 0 saturated carbocycles. The SMILES string of the molecule is Cc1ccc(C(=O)Nc2cccc3[nH]c(C(F)(F)F)nc23)cc1. The third kappa shape index (κ3) is 3.03. The molecule has 0 fully saturated rings. The summed E-state index contributed by atoms with van der Waals surface area (Å²) in [6.45, 7) is 1.89. The van der Waals surface area contributed by atoms with Gasteiger partial charge in [-0.15, -0.1) is 0 Å². The fraction of sp³-hybridized carbons (Fsp3) is 0.125. The summed E-state index contributed by atoms with van der Waals surface area (Å²) in [4.78, 5) is 18.0. The molecule has 3 aromatic rings. The van der Waals surface area contributed by atoms with Gasteiger partial charge in [0.2, 0.25) is 5.82 Å². The maximum atomic E-state index is 12.7. The highest BCUT2D eigenvalue weighted by Gasteiger charge is 2.35. The van der Waals surface area contributed by atoms with Crippen molar-refractivity contribution in [2.24, 2.45) is 0 Å². The molecule has 2 aromatic carbocycles. The fourth-order valence-corrected chi connectivity index (χ4v) is 2.17. The lowest BCUT2D eigenvalue weighted by atomic mass is 10.1. The number of imidazole rings is 1. The summed E-state index contributed by atoms with van der Waals surface area (Å²) in [6.07, 6.45) is -4.57. The zero-order valence-corrected chi connectivity index (χ0v) is 12.0. The van der Waals surface area contributed by atoms with Crippen LogP contribution in [0.3, 0.4) is 0 Å². The summed E-state index contributed by atoms with van der Waals surface area (Å²) in [6, 6.07) is 11.4. The number of rotatable bonds is 2. The van der Waals surface area contributed by atoms with E-state index in [1.165, 1.54) is 12.1 Å². The molecule has 0 saturated heterocycles. The number of fused-ring (bicyclic) bond motifs is 1. The van der Waals surface area contributed by atoms with Crippen LogP contribution in [-0.4, -0.2) is 15.9 Å². The third-order valence-corrected chi connectivity index (χ3v) is 3.34. The lowest BCUT2D eigenvalue weighted by Gasteiger charge is -2.06. The van der Waals surface area contributed by atoms with Crippen molar-refractivity contribution in [3.8, 4) is 0 Å². The quantitative estimate of drug-likeness (QED) is 0.746. The van der Waals surface area contributed by atoms with Crippen LogP contribution in [0.2, 0.25) is 0 Å².